The summed E-state index contributed by atoms with van der Waals surface area (Å²) in [6.45, 7) is 0. The highest BCUT2D eigenvalue weighted by molar-refractivity contribution is 5.76. The summed E-state index contributed by atoms with van der Waals surface area (Å²) in [6.07, 6.45) is 0. The minimum Gasteiger partial charge on any atom is -0.258 e. The molecule has 0 aliphatic heterocycles. The molecule has 2 aliphatic rings. The van der Waals surface area contributed by atoms with E-state index in [9.17, 15) is 10.1 Å². The standard InChI is InChI=1S/C10H7NO2/c12-11(13)10-7-6-8-4-2-1-3-5-9(8)10/h1-7H. The second-order valence-electron chi connectivity index (χ2n) is 2.76. The second-order valence-corrected chi connectivity index (χ2v) is 2.76. The molecule has 0 aromatic rings. The lowest BCUT2D eigenvalue weighted by molar-refractivity contribution is -0.383. The topological polar surface area (TPSA) is 43.1 Å². The van der Waals surface area contributed by atoms with Crippen LogP contribution in [0.4, 0.5) is 5.69 Å². The highest BCUT2D eigenvalue weighted by Gasteiger charge is 2.16. The maximum absolute atomic E-state index is 10.6. The molecule has 0 unspecified atom stereocenters. The van der Waals surface area contributed by atoms with E-state index in [4.69, 9.17) is 0 Å². The number of nitrogens with zero attached hydrogens (tertiary/aromatic N) is 1. The van der Waals surface area contributed by atoms with Gasteiger partial charge in [-0.15, -0.1) is 0 Å². The average Bonchev–Trinajstić information content (AvgIpc) is 2.36. The van der Waals surface area contributed by atoms with Crippen molar-refractivity contribution in [1.82, 2.24) is 0 Å². The maximum atomic E-state index is 10.6. The van der Waals surface area contributed by atoms with E-state index in [1.54, 1.807) is 18.2 Å². The van der Waals surface area contributed by atoms with Crippen molar-refractivity contribution in [2.45, 2.75) is 0 Å². The van der Waals surface area contributed by atoms with E-state index in [-0.39, 0.29) is 10.6 Å². The normalized spacial score (nSPS) is 10.2. The quantitative estimate of drug-likeness (QED) is 0.491. The third-order valence-electron chi connectivity index (χ3n) is 1.97. The molecule has 0 bridgehead atoms. The third-order valence-corrected chi connectivity index (χ3v) is 1.97. The summed E-state index contributed by atoms with van der Waals surface area (Å²) >= 11 is 0. The molecule has 3 nitrogen and oxygen atoms in total. The largest absolute Gasteiger partial charge is 0.277 e. The maximum Gasteiger partial charge on any atom is 0.277 e. The van der Waals surface area contributed by atoms with Gasteiger partial charge in [0.05, 0.1) is 10.5 Å². The fourth-order valence-electron chi connectivity index (χ4n) is 1.36. The summed E-state index contributed by atoms with van der Waals surface area (Å²) in [5, 5.41) is 10.6. The van der Waals surface area contributed by atoms with Crippen molar-refractivity contribution in [3.05, 3.63) is 52.6 Å². The first-order valence-electron chi connectivity index (χ1n) is 3.91. The van der Waals surface area contributed by atoms with Crippen molar-refractivity contribution in [3.63, 3.8) is 0 Å². The van der Waals surface area contributed by atoms with E-state index in [2.05, 4.69) is 0 Å². The lowest BCUT2D eigenvalue weighted by atomic mass is 10.2. The van der Waals surface area contributed by atoms with E-state index < -0.39 is 0 Å². The predicted octanol–water partition coefficient (Wildman–Crippen LogP) is 2.70. The van der Waals surface area contributed by atoms with Crippen LogP contribution in [0.15, 0.2) is 42.5 Å². The van der Waals surface area contributed by atoms with E-state index in [1.807, 2.05) is 18.2 Å². The highest BCUT2D eigenvalue weighted by Crippen LogP contribution is 2.32. The number of hydrogen-bond donors (Lipinski definition) is 0. The minimum absolute atomic E-state index is 0.172. The first-order valence-corrected chi connectivity index (χ1v) is 3.91. The fraction of sp³-hybridized carbons (Fsp3) is 0. The van der Waals surface area contributed by atoms with Gasteiger partial charge in [-0.05, 0) is 17.7 Å². The van der Waals surface area contributed by atoms with E-state index in [1.165, 1.54) is 6.07 Å². The fourth-order valence-corrected chi connectivity index (χ4v) is 1.36. The summed E-state index contributed by atoms with van der Waals surface area (Å²) in [5.41, 5.74) is 1.76. The molecule has 13 heavy (non-hydrogen) atoms. The molecule has 0 heterocycles. The molecular formula is C10H7NO2. The Morgan fingerprint density at radius 2 is 1.77 bits per heavy atom. The van der Waals surface area contributed by atoms with Crippen LogP contribution in [-0.4, -0.2) is 4.92 Å². The molecule has 0 aromatic heterocycles. The predicted molar refractivity (Wildman–Crippen MR) is 49.7 cm³/mol. The monoisotopic (exact) mass is 173 g/mol. The Morgan fingerprint density at radius 3 is 2.54 bits per heavy atom. The molecule has 0 N–H and O–H groups in total. The molecule has 2 rings (SSSR count). The Morgan fingerprint density at radius 1 is 1.00 bits per heavy atom. The SMILES string of the molecule is O=[N+]([O-])c1ccc2cccccc1-2. The van der Waals surface area contributed by atoms with Gasteiger partial charge in [-0.3, -0.25) is 10.1 Å². The molecule has 0 spiro atoms. The third kappa shape index (κ3) is 1.24. The van der Waals surface area contributed by atoms with E-state index >= 15 is 0 Å². The highest BCUT2D eigenvalue weighted by atomic mass is 16.6. The van der Waals surface area contributed by atoms with Crippen molar-refractivity contribution < 1.29 is 4.92 Å². The number of hydrogen-bond acceptors (Lipinski definition) is 2. The Balaban J connectivity index is 2.68. The van der Waals surface area contributed by atoms with Crippen LogP contribution in [0.25, 0.3) is 11.1 Å². The zero-order valence-electron chi connectivity index (χ0n) is 6.81. The zero-order valence-corrected chi connectivity index (χ0v) is 6.81. The minimum atomic E-state index is -0.359. The first-order chi connectivity index (χ1) is 6.29. The summed E-state index contributed by atoms with van der Waals surface area (Å²) in [4.78, 5) is 10.2. The van der Waals surface area contributed by atoms with Gasteiger partial charge in [0.25, 0.3) is 5.69 Å². The van der Waals surface area contributed by atoms with Crippen LogP contribution in [0, 0.1) is 10.1 Å². The molecule has 0 radical (unpaired) electrons. The van der Waals surface area contributed by atoms with Crippen molar-refractivity contribution in [3.8, 4) is 11.1 Å². The summed E-state index contributed by atoms with van der Waals surface area (Å²) in [6, 6.07) is 12.4. The number of rotatable bonds is 1. The van der Waals surface area contributed by atoms with Gasteiger partial charge in [-0.2, -0.15) is 0 Å². The van der Waals surface area contributed by atoms with Gasteiger partial charge in [-0.25, -0.2) is 0 Å². The number of fused-ring (bicyclic) bond motifs is 1. The van der Waals surface area contributed by atoms with E-state index in [0.29, 0.717) is 5.56 Å². The van der Waals surface area contributed by atoms with Gasteiger partial charge >= 0.3 is 0 Å². The molecule has 0 atom stereocenters. The van der Waals surface area contributed by atoms with Crippen LogP contribution < -0.4 is 0 Å². The van der Waals surface area contributed by atoms with Gasteiger partial charge < -0.3 is 0 Å². The molecular weight excluding hydrogens is 166 g/mol. The Hall–Kier alpha value is -1.90. The van der Waals surface area contributed by atoms with E-state index in [0.717, 1.165) is 5.56 Å². The molecule has 3 heteroatoms. The van der Waals surface area contributed by atoms with Crippen molar-refractivity contribution in [2.75, 3.05) is 0 Å². The van der Waals surface area contributed by atoms with Gasteiger partial charge in [0.1, 0.15) is 0 Å². The van der Waals surface area contributed by atoms with Crippen LogP contribution in [0.1, 0.15) is 0 Å². The van der Waals surface area contributed by atoms with Crippen LogP contribution in [-0.2, 0) is 0 Å². The lowest BCUT2D eigenvalue weighted by Crippen LogP contribution is -1.85. The Bertz CT molecular complexity index is 425. The molecule has 0 saturated carbocycles. The van der Waals surface area contributed by atoms with Crippen molar-refractivity contribution in [1.29, 1.82) is 0 Å². The summed E-state index contributed by atoms with van der Waals surface area (Å²) in [5.74, 6) is 0. The van der Waals surface area contributed by atoms with Gasteiger partial charge in [0.2, 0.25) is 0 Å². The second kappa shape index (κ2) is 2.86. The summed E-state index contributed by atoms with van der Waals surface area (Å²) in [7, 11) is 0. The summed E-state index contributed by atoms with van der Waals surface area (Å²) < 4.78 is 0. The van der Waals surface area contributed by atoms with Crippen LogP contribution in [0.3, 0.4) is 0 Å². The Labute approximate surface area is 75.1 Å². The Kier molecular flexibility index (Phi) is 1.70. The molecule has 64 valence electrons. The molecule has 0 saturated heterocycles. The van der Waals surface area contributed by atoms with Crippen molar-refractivity contribution in [2.24, 2.45) is 0 Å². The van der Waals surface area contributed by atoms with Crippen LogP contribution in [0.5, 0.6) is 0 Å². The number of nitro groups is 1. The smallest absolute Gasteiger partial charge is 0.258 e. The van der Waals surface area contributed by atoms with Gasteiger partial charge in [-0.1, -0.05) is 24.3 Å². The lowest BCUT2D eigenvalue weighted by Gasteiger charge is -1.90. The first kappa shape index (κ1) is 7.73. The van der Waals surface area contributed by atoms with Crippen molar-refractivity contribution >= 4 is 5.69 Å². The molecule has 0 amide bonds. The zero-order chi connectivity index (χ0) is 9.26. The van der Waals surface area contributed by atoms with Crippen LogP contribution >= 0.6 is 0 Å². The van der Waals surface area contributed by atoms with Gasteiger partial charge in [0, 0.05) is 6.07 Å². The molecule has 0 fully saturated rings. The van der Waals surface area contributed by atoms with Gasteiger partial charge in [0.15, 0.2) is 0 Å². The average molecular weight is 173 g/mol. The molecule has 2 aliphatic carbocycles. The molecule has 0 aromatic carbocycles. The van der Waals surface area contributed by atoms with Crippen LogP contribution in [0.2, 0.25) is 0 Å².